The molecule has 1 heterocycles. The fourth-order valence-electron chi connectivity index (χ4n) is 2.40. The Kier molecular flexibility index (Phi) is 7.59. The molecule has 9 nitrogen and oxygen atoms in total. The molecule has 0 radical (unpaired) electrons. The van der Waals surface area contributed by atoms with Crippen molar-refractivity contribution in [3.05, 3.63) is 0 Å². The van der Waals surface area contributed by atoms with Crippen molar-refractivity contribution in [2.75, 3.05) is 47.0 Å². The lowest BCUT2D eigenvalue weighted by Crippen LogP contribution is -2.59. The molecule has 1 unspecified atom stereocenters. The third-order valence-corrected chi connectivity index (χ3v) is 3.71. The van der Waals surface area contributed by atoms with Crippen LogP contribution in [0, 0.1) is 0 Å². The minimum atomic E-state index is -1.50. The zero-order valence-electron chi connectivity index (χ0n) is 12.9. The van der Waals surface area contributed by atoms with E-state index in [1.807, 2.05) is 14.1 Å². The van der Waals surface area contributed by atoms with Crippen LogP contribution in [-0.2, 0) is 9.47 Å². The lowest BCUT2D eigenvalue weighted by Gasteiger charge is -2.40. The predicted molar refractivity (Wildman–Crippen MR) is 74.7 cm³/mol. The van der Waals surface area contributed by atoms with Crippen LogP contribution in [0.2, 0.25) is 0 Å². The molecule has 22 heavy (non-hydrogen) atoms. The first-order valence-electron chi connectivity index (χ1n) is 7.25. The first-order chi connectivity index (χ1) is 10.2. The van der Waals surface area contributed by atoms with Crippen molar-refractivity contribution in [1.82, 2.24) is 0 Å². The van der Waals surface area contributed by atoms with E-state index in [1.165, 1.54) is 0 Å². The topological polar surface area (TPSA) is 140 Å². The van der Waals surface area contributed by atoms with Gasteiger partial charge in [-0.15, -0.1) is 0 Å². The minimum Gasteiger partial charge on any atom is -0.394 e. The van der Waals surface area contributed by atoms with Crippen LogP contribution in [-0.4, -0.2) is 119 Å². The molecule has 0 amide bonds. The van der Waals surface area contributed by atoms with E-state index >= 15 is 0 Å². The summed E-state index contributed by atoms with van der Waals surface area (Å²) in [6.07, 6.45) is -7.58. The summed E-state index contributed by atoms with van der Waals surface area (Å²) in [7, 11) is 3.68. The molecule has 1 rings (SSSR count). The first kappa shape index (κ1) is 19.7. The second-order valence-corrected chi connectivity index (χ2v) is 6.25. The van der Waals surface area contributed by atoms with Gasteiger partial charge in [-0.05, 0) is 0 Å². The SMILES string of the molecule is C[N+](C)(CCO)CC(O)CO[C@H]1O[C@H](CO)[C@@H](O)[C@H](O)[C@H]1O. The number of hydrogen-bond acceptors (Lipinski definition) is 8. The van der Waals surface area contributed by atoms with Gasteiger partial charge in [0.2, 0.25) is 0 Å². The highest BCUT2D eigenvalue weighted by molar-refractivity contribution is 4.88. The maximum absolute atomic E-state index is 9.95. The Morgan fingerprint density at radius 2 is 1.73 bits per heavy atom. The second kappa shape index (κ2) is 8.48. The maximum atomic E-state index is 9.95. The smallest absolute Gasteiger partial charge is 0.186 e. The van der Waals surface area contributed by atoms with E-state index in [4.69, 9.17) is 19.7 Å². The summed E-state index contributed by atoms with van der Waals surface area (Å²) in [6, 6.07) is 0. The fraction of sp³-hybridized carbons (Fsp3) is 1.00. The number of hydrogen-bond donors (Lipinski definition) is 6. The quantitative estimate of drug-likeness (QED) is 0.250. The minimum absolute atomic E-state index is 0.00666. The Morgan fingerprint density at radius 3 is 2.27 bits per heavy atom. The van der Waals surface area contributed by atoms with Crippen molar-refractivity contribution in [3.63, 3.8) is 0 Å². The lowest BCUT2D eigenvalue weighted by molar-refractivity contribution is -0.893. The zero-order valence-corrected chi connectivity index (χ0v) is 12.9. The number of aliphatic hydroxyl groups excluding tert-OH is 6. The number of ether oxygens (including phenoxy) is 2. The van der Waals surface area contributed by atoms with Gasteiger partial charge in [0.1, 0.15) is 43.6 Å². The van der Waals surface area contributed by atoms with Gasteiger partial charge in [0, 0.05) is 0 Å². The molecule has 0 spiro atoms. The van der Waals surface area contributed by atoms with Crippen LogP contribution in [0.4, 0.5) is 0 Å². The number of rotatable bonds is 8. The van der Waals surface area contributed by atoms with E-state index < -0.39 is 43.4 Å². The second-order valence-electron chi connectivity index (χ2n) is 6.25. The molecule has 0 aromatic heterocycles. The molecular formula is C13H28NO8+. The molecule has 1 saturated heterocycles. The average molecular weight is 326 g/mol. The van der Waals surface area contributed by atoms with E-state index in [0.717, 1.165) is 0 Å². The fourth-order valence-corrected chi connectivity index (χ4v) is 2.40. The van der Waals surface area contributed by atoms with Gasteiger partial charge >= 0.3 is 0 Å². The number of aliphatic hydroxyl groups is 6. The molecule has 1 fully saturated rings. The molecule has 1 aliphatic rings. The molecule has 1 aliphatic heterocycles. The van der Waals surface area contributed by atoms with Crippen molar-refractivity contribution < 1.29 is 44.6 Å². The standard InChI is InChI=1S/C13H28NO8/c1-14(2,3-4-15)5-8(17)7-21-13-12(20)11(19)10(18)9(6-16)22-13/h8-13,15-20H,3-7H2,1-2H3/q+1/t8?,9-,10-,11+,12-,13+/m1/s1. The van der Waals surface area contributed by atoms with Crippen LogP contribution >= 0.6 is 0 Å². The van der Waals surface area contributed by atoms with Crippen molar-refractivity contribution in [1.29, 1.82) is 0 Å². The van der Waals surface area contributed by atoms with Gasteiger partial charge in [-0.25, -0.2) is 0 Å². The van der Waals surface area contributed by atoms with Crippen molar-refractivity contribution >= 4 is 0 Å². The van der Waals surface area contributed by atoms with E-state index in [2.05, 4.69) is 0 Å². The van der Waals surface area contributed by atoms with Gasteiger partial charge in [-0.3, -0.25) is 0 Å². The number of quaternary nitrogens is 1. The highest BCUT2D eigenvalue weighted by atomic mass is 16.7. The maximum Gasteiger partial charge on any atom is 0.186 e. The van der Waals surface area contributed by atoms with Crippen LogP contribution in [0.5, 0.6) is 0 Å². The first-order valence-corrected chi connectivity index (χ1v) is 7.25. The Balaban J connectivity index is 2.49. The normalized spacial score (nSPS) is 34.6. The van der Waals surface area contributed by atoms with Crippen LogP contribution in [0.15, 0.2) is 0 Å². The Hall–Kier alpha value is -0.360. The molecule has 6 N–H and O–H groups in total. The summed E-state index contributed by atoms with van der Waals surface area (Å²) in [4.78, 5) is 0. The molecule has 132 valence electrons. The molecule has 0 bridgehead atoms. The van der Waals surface area contributed by atoms with E-state index in [-0.39, 0.29) is 13.2 Å². The zero-order chi connectivity index (χ0) is 16.9. The molecule has 0 aromatic carbocycles. The molecule has 0 aromatic rings. The predicted octanol–water partition coefficient (Wildman–Crippen LogP) is -3.77. The van der Waals surface area contributed by atoms with Gasteiger partial charge in [0.15, 0.2) is 6.29 Å². The van der Waals surface area contributed by atoms with Gasteiger partial charge in [-0.1, -0.05) is 0 Å². The largest absolute Gasteiger partial charge is 0.394 e. The third kappa shape index (κ3) is 5.37. The van der Waals surface area contributed by atoms with Crippen LogP contribution in [0.1, 0.15) is 0 Å². The van der Waals surface area contributed by atoms with Crippen LogP contribution in [0.25, 0.3) is 0 Å². The van der Waals surface area contributed by atoms with Crippen molar-refractivity contribution in [3.8, 4) is 0 Å². The van der Waals surface area contributed by atoms with Gasteiger partial charge < -0.3 is 44.6 Å². The molecule has 0 saturated carbocycles. The van der Waals surface area contributed by atoms with Gasteiger partial charge in [0.25, 0.3) is 0 Å². The lowest BCUT2D eigenvalue weighted by atomic mass is 9.99. The summed E-state index contributed by atoms with van der Waals surface area (Å²) < 4.78 is 10.8. The van der Waals surface area contributed by atoms with E-state index in [1.54, 1.807) is 0 Å². The Labute approximate surface area is 129 Å². The van der Waals surface area contributed by atoms with Gasteiger partial charge in [-0.2, -0.15) is 0 Å². The summed E-state index contributed by atoms with van der Waals surface area (Å²) >= 11 is 0. The van der Waals surface area contributed by atoms with Gasteiger partial charge in [0.05, 0.1) is 33.9 Å². The van der Waals surface area contributed by atoms with Crippen LogP contribution in [0.3, 0.4) is 0 Å². The average Bonchev–Trinajstić information content (AvgIpc) is 2.43. The summed E-state index contributed by atoms with van der Waals surface area (Å²) in [5, 5.41) is 57.0. The number of nitrogens with zero attached hydrogens (tertiary/aromatic N) is 1. The third-order valence-electron chi connectivity index (χ3n) is 3.71. The Morgan fingerprint density at radius 1 is 1.09 bits per heavy atom. The Bertz CT molecular complexity index is 327. The molecule has 9 heteroatoms. The van der Waals surface area contributed by atoms with Crippen LogP contribution < -0.4 is 0 Å². The highest BCUT2D eigenvalue weighted by Crippen LogP contribution is 2.22. The highest BCUT2D eigenvalue weighted by Gasteiger charge is 2.44. The molecular weight excluding hydrogens is 298 g/mol. The van der Waals surface area contributed by atoms with Crippen molar-refractivity contribution in [2.45, 2.75) is 36.8 Å². The number of likely N-dealkylation sites (N-methyl/N-ethyl adjacent to an activating group) is 1. The van der Waals surface area contributed by atoms with Crippen molar-refractivity contribution in [2.24, 2.45) is 0 Å². The molecule has 0 aliphatic carbocycles. The summed E-state index contributed by atoms with van der Waals surface area (Å²) in [6.45, 7) is 0.0892. The summed E-state index contributed by atoms with van der Waals surface area (Å²) in [5.41, 5.74) is 0. The summed E-state index contributed by atoms with van der Waals surface area (Å²) in [5.74, 6) is 0. The monoisotopic (exact) mass is 326 g/mol. The molecule has 6 atom stereocenters. The van der Waals surface area contributed by atoms with E-state index in [0.29, 0.717) is 17.6 Å². The van der Waals surface area contributed by atoms with E-state index in [9.17, 15) is 20.4 Å².